The van der Waals surface area contributed by atoms with E-state index in [0.717, 1.165) is 5.56 Å². The predicted octanol–water partition coefficient (Wildman–Crippen LogP) is 0.121. The van der Waals surface area contributed by atoms with E-state index >= 15 is 0 Å². The number of aryl methyl sites for hydroxylation is 1. The van der Waals surface area contributed by atoms with Gasteiger partial charge in [-0.15, -0.1) is 5.10 Å². The third-order valence-electron chi connectivity index (χ3n) is 2.35. The molecule has 8 nitrogen and oxygen atoms in total. The van der Waals surface area contributed by atoms with E-state index in [9.17, 15) is 8.42 Å². The van der Waals surface area contributed by atoms with Gasteiger partial charge in [0.05, 0.1) is 6.20 Å². The van der Waals surface area contributed by atoms with Crippen LogP contribution in [0, 0.1) is 0 Å². The Morgan fingerprint density at radius 3 is 2.78 bits per heavy atom. The molecule has 0 fully saturated rings. The largest absolute Gasteiger partial charge is 0.285 e. The summed E-state index contributed by atoms with van der Waals surface area (Å²) < 4.78 is 27.3. The normalized spacial score (nSPS) is 12.2. The van der Waals surface area contributed by atoms with Gasteiger partial charge in [0.15, 0.2) is 4.60 Å². The van der Waals surface area contributed by atoms with Crippen LogP contribution in [0.25, 0.3) is 0 Å². The first kappa shape index (κ1) is 13.2. The minimum absolute atomic E-state index is 0.0218. The topological polar surface area (TPSA) is 96.8 Å². The average molecular weight is 335 g/mol. The zero-order valence-electron chi connectivity index (χ0n) is 9.70. The fourth-order valence-corrected chi connectivity index (χ4v) is 3.63. The van der Waals surface area contributed by atoms with E-state index in [1.54, 1.807) is 12.4 Å². The van der Waals surface area contributed by atoms with E-state index in [2.05, 4.69) is 36.4 Å². The van der Waals surface area contributed by atoms with Crippen LogP contribution in [0.15, 0.2) is 22.0 Å². The number of nitrogens with one attached hydrogen (secondary N) is 1. The summed E-state index contributed by atoms with van der Waals surface area (Å²) >= 11 is 3.08. The highest BCUT2D eigenvalue weighted by atomic mass is 79.9. The molecule has 0 amide bonds. The molecule has 0 aliphatic carbocycles. The molecule has 0 radical (unpaired) electrons. The summed E-state index contributed by atoms with van der Waals surface area (Å²) in [4.78, 5) is 0. The zero-order chi connectivity index (χ0) is 13.3. The first-order valence-electron chi connectivity index (χ1n) is 4.92. The molecule has 2 aromatic heterocycles. The van der Waals surface area contributed by atoms with Gasteiger partial charge >= 0.3 is 0 Å². The Kier molecular flexibility index (Phi) is 3.50. The Labute approximate surface area is 112 Å². The second kappa shape index (κ2) is 4.78. The molecule has 1 N–H and O–H groups in total. The first-order chi connectivity index (χ1) is 8.43. The molecule has 0 aromatic carbocycles. The van der Waals surface area contributed by atoms with Gasteiger partial charge in [-0.05, 0) is 15.9 Å². The minimum Gasteiger partial charge on any atom is -0.285 e. The van der Waals surface area contributed by atoms with E-state index < -0.39 is 10.0 Å². The molecule has 2 rings (SSSR count). The molecule has 0 aliphatic rings. The highest BCUT2D eigenvalue weighted by Gasteiger charge is 2.28. The maximum Gasteiger partial charge on any atom is 0.263 e. The van der Waals surface area contributed by atoms with Crippen molar-refractivity contribution in [3.05, 3.63) is 22.6 Å². The van der Waals surface area contributed by atoms with Crippen molar-refractivity contribution >= 4 is 26.0 Å². The highest BCUT2D eigenvalue weighted by molar-refractivity contribution is 9.10. The predicted molar refractivity (Wildman–Crippen MR) is 65.9 cm³/mol. The van der Waals surface area contributed by atoms with Crippen molar-refractivity contribution in [2.45, 2.75) is 11.6 Å². The van der Waals surface area contributed by atoms with E-state index in [1.807, 2.05) is 0 Å². The van der Waals surface area contributed by atoms with Gasteiger partial charge in [-0.25, -0.2) is 13.1 Å². The third-order valence-corrected chi connectivity index (χ3v) is 5.04. The number of hydrogen-bond acceptors (Lipinski definition) is 5. The van der Waals surface area contributed by atoms with Crippen LogP contribution < -0.4 is 0 Å². The summed E-state index contributed by atoms with van der Waals surface area (Å²) in [5.41, 5.74) is 0.771. The van der Waals surface area contributed by atoms with Crippen molar-refractivity contribution in [3.8, 4) is 0 Å². The second-order valence-corrected chi connectivity index (χ2v) is 6.39. The molecule has 2 aromatic rings. The smallest absolute Gasteiger partial charge is 0.263 e. The van der Waals surface area contributed by atoms with E-state index in [1.165, 1.54) is 23.1 Å². The van der Waals surface area contributed by atoms with E-state index in [4.69, 9.17) is 0 Å². The van der Waals surface area contributed by atoms with Crippen molar-refractivity contribution in [1.29, 1.82) is 0 Å². The molecule has 0 aliphatic heterocycles. The molecule has 10 heteroatoms. The van der Waals surface area contributed by atoms with Gasteiger partial charge in [0.2, 0.25) is 5.03 Å². The quantitative estimate of drug-likeness (QED) is 0.856. The fourth-order valence-electron chi connectivity index (χ4n) is 1.45. The lowest BCUT2D eigenvalue weighted by atomic mass is 10.4. The summed E-state index contributed by atoms with van der Waals surface area (Å²) in [6.07, 6.45) is 3.21. The van der Waals surface area contributed by atoms with Crippen LogP contribution in [0.5, 0.6) is 0 Å². The summed E-state index contributed by atoms with van der Waals surface area (Å²) in [5.74, 6) is 0. The van der Waals surface area contributed by atoms with Gasteiger partial charge < -0.3 is 0 Å². The SMILES string of the molecule is CN(Cc1cn[nH]c1)S(=O)(=O)c1c(Br)nnn1C. The average Bonchev–Trinajstić information content (AvgIpc) is 2.89. The van der Waals surface area contributed by atoms with Crippen LogP contribution in [0.1, 0.15) is 5.56 Å². The van der Waals surface area contributed by atoms with Gasteiger partial charge in [-0.1, -0.05) is 5.21 Å². The standard InChI is InChI=1S/C8H11BrN6O2S/c1-14(5-6-3-10-11-4-6)18(16,17)8-7(9)12-13-15(8)2/h3-4H,5H2,1-2H3,(H,10,11). The summed E-state index contributed by atoms with van der Waals surface area (Å²) in [6, 6.07) is 0. The number of H-pyrrole nitrogens is 1. The van der Waals surface area contributed by atoms with Crippen LogP contribution in [0.3, 0.4) is 0 Å². The molecule has 0 unspecified atom stereocenters. The van der Waals surface area contributed by atoms with Gasteiger partial charge in [-0.2, -0.15) is 9.40 Å². The van der Waals surface area contributed by atoms with Crippen LogP contribution in [0.2, 0.25) is 0 Å². The van der Waals surface area contributed by atoms with Crippen molar-refractivity contribution < 1.29 is 8.42 Å². The number of nitrogens with zero attached hydrogens (tertiary/aromatic N) is 5. The molecule has 0 atom stereocenters. The second-order valence-electron chi connectivity index (χ2n) is 3.68. The molecule has 98 valence electrons. The zero-order valence-corrected chi connectivity index (χ0v) is 12.1. The number of aromatic nitrogens is 5. The third kappa shape index (κ3) is 2.31. The molecule has 0 saturated heterocycles. The molecular weight excluding hydrogens is 324 g/mol. The number of hydrogen-bond donors (Lipinski definition) is 1. The highest BCUT2D eigenvalue weighted by Crippen LogP contribution is 2.22. The molecule has 2 heterocycles. The van der Waals surface area contributed by atoms with Gasteiger partial charge in [-0.3, -0.25) is 5.10 Å². The van der Waals surface area contributed by atoms with Crippen molar-refractivity contribution in [2.24, 2.45) is 7.05 Å². The molecule has 0 spiro atoms. The lowest BCUT2D eigenvalue weighted by Gasteiger charge is -2.15. The number of halogens is 1. The number of rotatable bonds is 4. The Balaban J connectivity index is 2.32. The van der Waals surface area contributed by atoms with Crippen molar-refractivity contribution in [2.75, 3.05) is 7.05 Å². The van der Waals surface area contributed by atoms with Gasteiger partial charge in [0.25, 0.3) is 10.0 Å². The van der Waals surface area contributed by atoms with Gasteiger partial charge in [0.1, 0.15) is 0 Å². The van der Waals surface area contributed by atoms with Crippen molar-refractivity contribution in [1.82, 2.24) is 29.5 Å². The first-order valence-corrected chi connectivity index (χ1v) is 7.15. The number of sulfonamides is 1. The van der Waals surface area contributed by atoms with Crippen LogP contribution >= 0.6 is 15.9 Å². The van der Waals surface area contributed by atoms with Gasteiger partial charge in [0, 0.05) is 32.4 Å². The van der Waals surface area contributed by atoms with Crippen LogP contribution in [0.4, 0.5) is 0 Å². The Morgan fingerprint density at radius 2 is 2.28 bits per heavy atom. The summed E-state index contributed by atoms with van der Waals surface area (Å²) in [6.45, 7) is 0.219. The van der Waals surface area contributed by atoms with Crippen LogP contribution in [-0.4, -0.2) is 45.0 Å². The molecule has 0 bridgehead atoms. The van der Waals surface area contributed by atoms with E-state index in [0.29, 0.717) is 0 Å². The lowest BCUT2D eigenvalue weighted by Crippen LogP contribution is -2.28. The van der Waals surface area contributed by atoms with E-state index in [-0.39, 0.29) is 16.2 Å². The Hall–Kier alpha value is -1.26. The maximum atomic E-state index is 12.3. The minimum atomic E-state index is -3.65. The molecule has 0 saturated carbocycles. The number of aromatic amines is 1. The summed E-state index contributed by atoms with van der Waals surface area (Å²) in [7, 11) is -0.638. The van der Waals surface area contributed by atoms with Crippen molar-refractivity contribution in [3.63, 3.8) is 0 Å². The maximum absolute atomic E-state index is 12.3. The Bertz CT molecular complexity index is 615. The fraction of sp³-hybridized carbons (Fsp3) is 0.375. The molecular formula is C8H11BrN6O2S. The van der Waals surface area contributed by atoms with Crippen LogP contribution in [-0.2, 0) is 23.6 Å². The lowest BCUT2D eigenvalue weighted by molar-refractivity contribution is 0.456. The Morgan fingerprint density at radius 1 is 1.56 bits per heavy atom. The molecule has 18 heavy (non-hydrogen) atoms. The monoisotopic (exact) mass is 334 g/mol. The summed E-state index contributed by atoms with van der Waals surface area (Å²) in [5, 5.41) is 13.7.